The maximum absolute atomic E-state index is 5.79. The third-order valence-corrected chi connectivity index (χ3v) is 3.44. The zero-order valence-corrected chi connectivity index (χ0v) is 11.6. The topological polar surface area (TPSA) is 51.0 Å². The van der Waals surface area contributed by atoms with Gasteiger partial charge in [0.1, 0.15) is 17.3 Å². The first-order valence-electron chi connectivity index (χ1n) is 5.61. The molecule has 4 nitrogen and oxygen atoms in total. The van der Waals surface area contributed by atoms with E-state index < -0.39 is 0 Å². The van der Waals surface area contributed by atoms with Crippen molar-refractivity contribution in [1.82, 2.24) is 9.97 Å². The molecule has 0 saturated heterocycles. The molecule has 19 heavy (non-hydrogen) atoms. The Hall–Kier alpha value is -1.85. The number of aryl methyl sites for hydroxylation is 1. The van der Waals surface area contributed by atoms with Gasteiger partial charge in [0.15, 0.2) is 10.9 Å². The Labute approximate surface area is 119 Å². The molecule has 0 radical (unpaired) electrons. The molecule has 3 aromatic rings. The quantitative estimate of drug-likeness (QED) is 0.772. The van der Waals surface area contributed by atoms with Crippen molar-refractivity contribution >= 4 is 33.9 Å². The van der Waals surface area contributed by atoms with Crippen LogP contribution in [0.3, 0.4) is 0 Å². The lowest BCUT2D eigenvalue weighted by Crippen LogP contribution is -1.91. The third kappa shape index (κ3) is 2.77. The molecule has 6 heteroatoms. The Morgan fingerprint density at radius 1 is 1.26 bits per heavy atom. The predicted octanol–water partition coefficient (Wildman–Crippen LogP) is 4.50. The molecule has 0 aliphatic heterocycles. The Bertz CT molecular complexity index is 690. The van der Waals surface area contributed by atoms with Gasteiger partial charge in [-0.2, -0.15) is 0 Å². The van der Waals surface area contributed by atoms with E-state index in [4.69, 9.17) is 16.0 Å². The van der Waals surface area contributed by atoms with Crippen LogP contribution >= 0.6 is 22.9 Å². The highest BCUT2D eigenvalue weighted by atomic mass is 35.5. The molecule has 3 aromatic heterocycles. The lowest BCUT2D eigenvalue weighted by molar-refractivity contribution is 0.547. The monoisotopic (exact) mass is 291 g/mol. The van der Waals surface area contributed by atoms with Crippen LogP contribution in [-0.4, -0.2) is 9.97 Å². The first-order valence-corrected chi connectivity index (χ1v) is 6.87. The van der Waals surface area contributed by atoms with Crippen molar-refractivity contribution in [2.45, 2.75) is 6.92 Å². The van der Waals surface area contributed by atoms with E-state index >= 15 is 0 Å². The smallest absolute Gasteiger partial charge is 0.188 e. The van der Waals surface area contributed by atoms with Crippen molar-refractivity contribution in [1.29, 1.82) is 0 Å². The molecule has 0 aromatic carbocycles. The highest BCUT2D eigenvalue weighted by molar-refractivity contribution is 7.14. The number of halogens is 1. The van der Waals surface area contributed by atoms with Gasteiger partial charge in [0.25, 0.3) is 0 Å². The van der Waals surface area contributed by atoms with Crippen LogP contribution in [0.25, 0.3) is 11.5 Å². The second-order valence-electron chi connectivity index (χ2n) is 3.93. The van der Waals surface area contributed by atoms with E-state index in [1.165, 1.54) is 11.3 Å². The SMILES string of the molecule is Cc1ccc(-c2csc(Nc3ccc(Cl)cn3)n2)o1. The van der Waals surface area contributed by atoms with Crippen LogP contribution in [-0.2, 0) is 0 Å². The van der Waals surface area contributed by atoms with Crippen LogP contribution in [0.5, 0.6) is 0 Å². The summed E-state index contributed by atoms with van der Waals surface area (Å²) < 4.78 is 5.53. The summed E-state index contributed by atoms with van der Waals surface area (Å²) in [7, 11) is 0. The number of hydrogen-bond acceptors (Lipinski definition) is 5. The van der Waals surface area contributed by atoms with Crippen molar-refractivity contribution in [3.05, 3.63) is 46.6 Å². The Morgan fingerprint density at radius 2 is 2.16 bits per heavy atom. The van der Waals surface area contributed by atoms with Crippen molar-refractivity contribution in [2.24, 2.45) is 0 Å². The van der Waals surface area contributed by atoms with Crippen LogP contribution < -0.4 is 5.32 Å². The summed E-state index contributed by atoms with van der Waals surface area (Å²) in [4.78, 5) is 8.61. The number of hydrogen-bond donors (Lipinski definition) is 1. The van der Waals surface area contributed by atoms with Gasteiger partial charge in [0, 0.05) is 11.6 Å². The zero-order valence-electron chi connectivity index (χ0n) is 10.1. The number of nitrogens with one attached hydrogen (secondary N) is 1. The standard InChI is InChI=1S/C13H10ClN3OS/c1-8-2-4-11(18-8)10-7-19-13(16-10)17-12-5-3-9(14)6-15-12/h2-7H,1H3,(H,15,16,17). The average molecular weight is 292 g/mol. The highest BCUT2D eigenvalue weighted by Crippen LogP contribution is 2.27. The number of nitrogens with zero attached hydrogens (tertiary/aromatic N) is 2. The Morgan fingerprint density at radius 3 is 2.84 bits per heavy atom. The summed E-state index contributed by atoms with van der Waals surface area (Å²) in [5.41, 5.74) is 0.814. The Balaban J connectivity index is 1.80. The molecule has 96 valence electrons. The summed E-state index contributed by atoms with van der Waals surface area (Å²) in [5, 5.41) is 6.44. The fraction of sp³-hybridized carbons (Fsp3) is 0.0769. The van der Waals surface area contributed by atoms with Crippen LogP contribution in [0.2, 0.25) is 5.02 Å². The number of aromatic nitrogens is 2. The van der Waals surface area contributed by atoms with Gasteiger partial charge in [0.2, 0.25) is 0 Å². The van der Waals surface area contributed by atoms with Gasteiger partial charge in [0.05, 0.1) is 5.02 Å². The average Bonchev–Trinajstić information content (AvgIpc) is 3.01. The largest absolute Gasteiger partial charge is 0.460 e. The van der Waals surface area contributed by atoms with Gasteiger partial charge in [-0.1, -0.05) is 11.6 Å². The van der Waals surface area contributed by atoms with Crippen molar-refractivity contribution in [3.8, 4) is 11.5 Å². The number of anilines is 2. The number of thiazole rings is 1. The highest BCUT2D eigenvalue weighted by Gasteiger charge is 2.08. The van der Waals surface area contributed by atoms with Crippen LogP contribution in [0, 0.1) is 6.92 Å². The summed E-state index contributed by atoms with van der Waals surface area (Å²) in [5.74, 6) is 2.35. The maximum Gasteiger partial charge on any atom is 0.188 e. The lowest BCUT2D eigenvalue weighted by atomic mass is 10.4. The molecule has 0 amide bonds. The first-order chi connectivity index (χ1) is 9.20. The molecule has 0 unspecified atom stereocenters. The lowest BCUT2D eigenvalue weighted by Gasteiger charge is -2.00. The number of pyridine rings is 1. The minimum Gasteiger partial charge on any atom is -0.460 e. The molecule has 0 bridgehead atoms. The molecule has 1 N–H and O–H groups in total. The predicted molar refractivity (Wildman–Crippen MR) is 77.1 cm³/mol. The third-order valence-electron chi connectivity index (χ3n) is 2.46. The second-order valence-corrected chi connectivity index (χ2v) is 5.23. The Kier molecular flexibility index (Phi) is 3.23. The number of rotatable bonds is 3. The molecular weight excluding hydrogens is 282 g/mol. The molecule has 0 saturated carbocycles. The van der Waals surface area contributed by atoms with E-state index in [1.54, 1.807) is 18.3 Å². The zero-order chi connectivity index (χ0) is 13.2. The fourth-order valence-corrected chi connectivity index (χ4v) is 2.39. The molecule has 0 spiro atoms. The van der Waals surface area contributed by atoms with Gasteiger partial charge in [-0.25, -0.2) is 9.97 Å². The van der Waals surface area contributed by atoms with E-state index in [1.807, 2.05) is 24.4 Å². The number of furan rings is 1. The van der Waals surface area contributed by atoms with E-state index in [9.17, 15) is 0 Å². The van der Waals surface area contributed by atoms with Gasteiger partial charge in [-0.3, -0.25) is 0 Å². The van der Waals surface area contributed by atoms with Crippen LogP contribution in [0.4, 0.5) is 10.9 Å². The van der Waals surface area contributed by atoms with Crippen molar-refractivity contribution < 1.29 is 4.42 Å². The minimum atomic E-state index is 0.608. The van der Waals surface area contributed by atoms with E-state index in [-0.39, 0.29) is 0 Å². The molecule has 3 rings (SSSR count). The maximum atomic E-state index is 5.79. The second kappa shape index (κ2) is 5.03. The summed E-state index contributed by atoms with van der Waals surface area (Å²) in [6, 6.07) is 7.42. The van der Waals surface area contributed by atoms with E-state index in [0.29, 0.717) is 10.8 Å². The molecule has 0 aliphatic carbocycles. The van der Waals surface area contributed by atoms with Crippen molar-refractivity contribution in [3.63, 3.8) is 0 Å². The van der Waals surface area contributed by atoms with Crippen LogP contribution in [0.1, 0.15) is 5.76 Å². The van der Waals surface area contributed by atoms with Gasteiger partial charge < -0.3 is 9.73 Å². The molecule has 0 fully saturated rings. The summed E-state index contributed by atoms with van der Waals surface area (Å²) in [6.45, 7) is 1.91. The minimum absolute atomic E-state index is 0.608. The summed E-state index contributed by atoms with van der Waals surface area (Å²) in [6.07, 6.45) is 1.59. The molecule has 0 aliphatic rings. The van der Waals surface area contributed by atoms with E-state index in [2.05, 4.69) is 15.3 Å². The fourth-order valence-electron chi connectivity index (χ4n) is 1.58. The summed E-state index contributed by atoms with van der Waals surface area (Å²) >= 11 is 7.28. The van der Waals surface area contributed by atoms with Gasteiger partial charge >= 0.3 is 0 Å². The molecule has 3 heterocycles. The molecular formula is C13H10ClN3OS. The van der Waals surface area contributed by atoms with E-state index in [0.717, 1.165) is 22.3 Å². The van der Waals surface area contributed by atoms with Crippen LogP contribution in [0.15, 0.2) is 40.3 Å². The van der Waals surface area contributed by atoms with Crippen molar-refractivity contribution in [2.75, 3.05) is 5.32 Å². The van der Waals surface area contributed by atoms with Gasteiger partial charge in [-0.05, 0) is 31.2 Å². The first kappa shape index (κ1) is 12.2. The van der Waals surface area contributed by atoms with Gasteiger partial charge in [-0.15, -0.1) is 11.3 Å². The molecule has 0 atom stereocenters. The normalized spacial score (nSPS) is 10.6.